The number of benzene rings is 2. The van der Waals surface area contributed by atoms with Crippen molar-refractivity contribution >= 4 is 23.4 Å². The molecule has 3 N–H and O–H groups in total. The Hall–Kier alpha value is -3.41. The average molecular weight is 363 g/mol. The SMILES string of the molecule is C=CC(=O)Nc1ccccc1CC(=O)NCc1ccc2c(c1)C(=O)NCC2. The zero-order chi connectivity index (χ0) is 19.2. The number of nitrogens with one attached hydrogen (secondary N) is 3. The molecule has 3 rings (SSSR count). The zero-order valence-corrected chi connectivity index (χ0v) is 14.9. The highest BCUT2D eigenvalue weighted by molar-refractivity contribution is 6.00. The van der Waals surface area contributed by atoms with E-state index in [9.17, 15) is 14.4 Å². The van der Waals surface area contributed by atoms with Crippen LogP contribution in [-0.4, -0.2) is 24.3 Å². The molecule has 0 fully saturated rings. The van der Waals surface area contributed by atoms with E-state index >= 15 is 0 Å². The quantitative estimate of drug-likeness (QED) is 0.686. The molecule has 2 aromatic carbocycles. The normalized spacial score (nSPS) is 12.5. The molecule has 0 saturated carbocycles. The maximum absolute atomic E-state index is 12.3. The van der Waals surface area contributed by atoms with E-state index < -0.39 is 0 Å². The van der Waals surface area contributed by atoms with Crippen molar-refractivity contribution in [1.29, 1.82) is 0 Å². The van der Waals surface area contributed by atoms with Gasteiger partial charge in [-0.2, -0.15) is 0 Å². The summed E-state index contributed by atoms with van der Waals surface area (Å²) >= 11 is 0. The van der Waals surface area contributed by atoms with Gasteiger partial charge in [-0.25, -0.2) is 0 Å². The van der Waals surface area contributed by atoms with Crippen LogP contribution in [0.2, 0.25) is 0 Å². The van der Waals surface area contributed by atoms with Gasteiger partial charge in [-0.3, -0.25) is 14.4 Å². The van der Waals surface area contributed by atoms with Crippen LogP contribution in [0.1, 0.15) is 27.0 Å². The third-order valence-corrected chi connectivity index (χ3v) is 4.40. The zero-order valence-electron chi connectivity index (χ0n) is 14.9. The molecule has 0 unspecified atom stereocenters. The number of hydrogen-bond donors (Lipinski definition) is 3. The third-order valence-electron chi connectivity index (χ3n) is 4.40. The molecule has 0 saturated heterocycles. The number of fused-ring (bicyclic) bond motifs is 1. The lowest BCUT2D eigenvalue weighted by molar-refractivity contribution is -0.120. The number of para-hydroxylation sites is 1. The number of rotatable bonds is 6. The minimum Gasteiger partial charge on any atom is -0.352 e. The lowest BCUT2D eigenvalue weighted by atomic mass is 9.98. The van der Waals surface area contributed by atoms with Crippen LogP contribution in [0.4, 0.5) is 5.69 Å². The predicted molar refractivity (Wildman–Crippen MR) is 103 cm³/mol. The maximum atomic E-state index is 12.3. The topological polar surface area (TPSA) is 87.3 Å². The third kappa shape index (κ3) is 4.61. The van der Waals surface area contributed by atoms with Gasteiger partial charge in [-0.05, 0) is 41.3 Å². The Labute approximate surface area is 157 Å². The van der Waals surface area contributed by atoms with Crippen LogP contribution in [-0.2, 0) is 29.0 Å². The minimum absolute atomic E-state index is 0.0729. The Morgan fingerprint density at radius 1 is 1.19 bits per heavy atom. The van der Waals surface area contributed by atoms with Gasteiger partial charge in [0.1, 0.15) is 0 Å². The molecule has 0 aliphatic carbocycles. The molecule has 6 heteroatoms. The summed E-state index contributed by atoms with van der Waals surface area (Å²) in [6, 6.07) is 12.8. The molecule has 138 valence electrons. The first kappa shape index (κ1) is 18.4. The fraction of sp³-hybridized carbons (Fsp3) is 0.190. The van der Waals surface area contributed by atoms with E-state index in [1.165, 1.54) is 6.08 Å². The molecule has 0 radical (unpaired) electrons. The van der Waals surface area contributed by atoms with Gasteiger partial charge in [-0.15, -0.1) is 0 Å². The van der Waals surface area contributed by atoms with Gasteiger partial charge in [0.25, 0.3) is 5.91 Å². The van der Waals surface area contributed by atoms with Crippen molar-refractivity contribution in [3.63, 3.8) is 0 Å². The van der Waals surface area contributed by atoms with Gasteiger partial charge in [0.2, 0.25) is 11.8 Å². The number of carbonyl (C=O) groups excluding carboxylic acids is 3. The summed E-state index contributed by atoms with van der Waals surface area (Å²) in [6.07, 6.45) is 2.14. The van der Waals surface area contributed by atoms with Gasteiger partial charge in [-0.1, -0.05) is 36.9 Å². The Morgan fingerprint density at radius 2 is 2.00 bits per heavy atom. The van der Waals surface area contributed by atoms with Crippen LogP contribution in [0, 0.1) is 0 Å². The molecule has 1 heterocycles. The van der Waals surface area contributed by atoms with Crippen molar-refractivity contribution in [1.82, 2.24) is 10.6 Å². The van der Waals surface area contributed by atoms with Crippen LogP contribution in [0.25, 0.3) is 0 Å². The summed E-state index contributed by atoms with van der Waals surface area (Å²) in [4.78, 5) is 35.8. The Bertz CT molecular complexity index is 905. The summed E-state index contributed by atoms with van der Waals surface area (Å²) < 4.78 is 0. The number of anilines is 1. The molecule has 2 aromatic rings. The lowest BCUT2D eigenvalue weighted by Gasteiger charge is -2.17. The second-order valence-electron chi connectivity index (χ2n) is 6.30. The summed E-state index contributed by atoms with van der Waals surface area (Å²) in [6.45, 7) is 4.42. The van der Waals surface area contributed by atoms with E-state index in [-0.39, 0.29) is 24.1 Å². The van der Waals surface area contributed by atoms with Crippen molar-refractivity contribution in [3.05, 3.63) is 77.4 Å². The fourth-order valence-electron chi connectivity index (χ4n) is 2.99. The Balaban J connectivity index is 1.62. The van der Waals surface area contributed by atoms with Crippen LogP contribution in [0.15, 0.2) is 55.1 Å². The number of hydrogen-bond acceptors (Lipinski definition) is 3. The van der Waals surface area contributed by atoms with Crippen molar-refractivity contribution < 1.29 is 14.4 Å². The molecule has 1 aliphatic heterocycles. The predicted octanol–water partition coefficient (Wildman–Crippen LogP) is 1.96. The Kier molecular flexibility index (Phi) is 5.66. The van der Waals surface area contributed by atoms with Gasteiger partial charge in [0.15, 0.2) is 0 Å². The monoisotopic (exact) mass is 363 g/mol. The van der Waals surface area contributed by atoms with E-state index in [0.29, 0.717) is 24.3 Å². The number of carbonyl (C=O) groups is 3. The smallest absolute Gasteiger partial charge is 0.251 e. The van der Waals surface area contributed by atoms with Crippen molar-refractivity contribution in [3.8, 4) is 0 Å². The average Bonchev–Trinajstić information content (AvgIpc) is 2.68. The molecule has 3 amide bonds. The van der Waals surface area contributed by atoms with E-state index in [4.69, 9.17) is 0 Å². The highest BCUT2D eigenvalue weighted by Gasteiger charge is 2.17. The Morgan fingerprint density at radius 3 is 2.81 bits per heavy atom. The van der Waals surface area contributed by atoms with Gasteiger partial charge in [0, 0.05) is 24.3 Å². The molecular formula is C21H21N3O3. The number of amides is 3. The van der Waals surface area contributed by atoms with Gasteiger partial charge < -0.3 is 16.0 Å². The minimum atomic E-state index is -0.324. The maximum Gasteiger partial charge on any atom is 0.251 e. The largest absolute Gasteiger partial charge is 0.352 e. The highest BCUT2D eigenvalue weighted by atomic mass is 16.2. The molecule has 0 atom stereocenters. The molecule has 0 spiro atoms. The van der Waals surface area contributed by atoms with Gasteiger partial charge in [0.05, 0.1) is 6.42 Å². The lowest BCUT2D eigenvalue weighted by Crippen LogP contribution is -2.32. The van der Waals surface area contributed by atoms with Crippen LogP contribution < -0.4 is 16.0 Å². The second kappa shape index (κ2) is 8.31. The van der Waals surface area contributed by atoms with Gasteiger partial charge >= 0.3 is 0 Å². The van der Waals surface area contributed by atoms with Crippen LogP contribution in [0.3, 0.4) is 0 Å². The fourth-order valence-corrected chi connectivity index (χ4v) is 2.99. The van der Waals surface area contributed by atoms with E-state index in [1.807, 2.05) is 24.3 Å². The molecule has 1 aliphatic rings. The summed E-state index contributed by atoms with van der Waals surface area (Å²) in [7, 11) is 0. The molecule has 0 bridgehead atoms. The highest BCUT2D eigenvalue weighted by Crippen LogP contribution is 2.17. The van der Waals surface area contributed by atoms with Crippen LogP contribution in [0.5, 0.6) is 0 Å². The first-order chi connectivity index (χ1) is 13.1. The summed E-state index contributed by atoms with van der Waals surface area (Å²) in [5.74, 6) is -0.566. The van der Waals surface area contributed by atoms with E-state index in [0.717, 1.165) is 23.1 Å². The van der Waals surface area contributed by atoms with Crippen LogP contribution >= 0.6 is 0 Å². The second-order valence-corrected chi connectivity index (χ2v) is 6.30. The van der Waals surface area contributed by atoms with E-state index in [1.54, 1.807) is 18.2 Å². The molecule has 6 nitrogen and oxygen atoms in total. The first-order valence-corrected chi connectivity index (χ1v) is 8.75. The van der Waals surface area contributed by atoms with Crippen molar-refractivity contribution in [2.75, 3.05) is 11.9 Å². The molecule has 0 aromatic heterocycles. The summed E-state index contributed by atoms with van der Waals surface area (Å²) in [5.41, 5.74) is 3.87. The first-order valence-electron chi connectivity index (χ1n) is 8.75. The van der Waals surface area contributed by atoms with E-state index in [2.05, 4.69) is 22.5 Å². The standard InChI is InChI=1S/C21H21N3O3/c1-2-19(25)24-18-6-4-3-5-16(18)12-20(26)23-13-14-7-8-15-9-10-22-21(27)17(15)11-14/h2-8,11H,1,9-10,12-13H2,(H,22,27)(H,23,26)(H,24,25). The molecular weight excluding hydrogens is 342 g/mol. The summed E-state index contributed by atoms with van der Waals surface area (Å²) in [5, 5.41) is 8.38. The van der Waals surface area contributed by atoms with Crippen molar-refractivity contribution in [2.24, 2.45) is 0 Å². The molecule has 27 heavy (non-hydrogen) atoms. The van der Waals surface area contributed by atoms with Crippen molar-refractivity contribution in [2.45, 2.75) is 19.4 Å².